The Kier molecular flexibility index (Phi) is 7.07. The Morgan fingerprint density at radius 2 is 1.69 bits per heavy atom. The summed E-state index contributed by atoms with van der Waals surface area (Å²) >= 11 is 0. The highest BCUT2D eigenvalue weighted by atomic mass is 19.4. The fourth-order valence-corrected chi connectivity index (χ4v) is 4.65. The lowest BCUT2D eigenvalue weighted by Gasteiger charge is -2.22. The van der Waals surface area contributed by atoms with E-state index in [2.05, 4.69) is 21.0 Å². The molecule has 0 aliphatic carbocycles. The molecule has 1 atom stereocenters. The van der Waals surface area contributed by atoms with E-state index >= 15 is 0 Å². The van der Waals surface area contributed by atoms with Crippen LogP contribution < -0.4 is 11.1 Å². The Hall–Kier alpha value is -3.80. The lowest BCUT2D eigenvalue weighted by Crippen LogP contribution is -2.43. The second-order valence-corrected chi connectivity index (χ2v) is 9.06. The average molecular weight is 503 g/mol. The highest BCUT2D eigenvalue weighted by Gasteiger charge is 2.44. The molecule has 36 heavy (non-hydrogen) atoms. The zero-order chi connectivity index (χ0) is 25.9. The number of carboxylic acids is 1. The third kappa shape index (κ3) is 5.70. The van der Waals surface area contributed by atoms with Gasteiger partial charge in [0, 0.05) is 43.9 Å². The third-order valence-electron chi connectivity index (χ3n) is 6.30. The number of benzene rings is 1. The van der Waals surface area contributed by atoms with Crippen molar-refractivity contribution in [3.8, 4) is 0 Å². The Morgan fingerprint density at radius 3 is 2.33 bits per heavy atom. The van der Waals surface area contributed by atoms with Crippen LogP contribution in [0.3, 0.4) is 0 Å². The lowest BCUT2D eigenvalue weighted by molar-refractivity contribution is -0.192. The van der Waals surface area contributed by atoms with Crippen LogP contribution in [0.25, 0.3) is 0 Å². The molecule has 3 aromatic rings. The molecular weight excluding hydrogens is 479 g/mol. The molecular formula is C24H24F3N5O4. The van der Waals surface area contributed by atoms with Gasteiger partial charge in [0.1, 0.15) is 5.82 Å². The molecule has 1 saturated heterocycles. The quantitative estimate of drug-likeness (QED) is 0.542. The predicted octanol–water partition coefficient (Wildman–Crippen LogP) is 1.93. The van der Waals surface area contributed by atoms with E-state index in [4.69, 9.17) is 9.90 Å². The van der Waals surface area contributed by atoms with Crippen molar-refractivity contribution in [2.24, 2.45) is 5.41 Å². The summed E-state index contributed by atoms with van der Waals surface area (Å²) in [6.07, 6.45) is 0.340. The number of carbonyl (C=O) groups is 1. The van der Waals surface area contributed by atoms with Crippen molar-refractivity contribution in [3.63, 3.8) is 0 Å². The zero-order valence-corrected chi connectivity index (χ0v) is 19.2. The van der Waals surface area contributed by atoms with Crippen LogP contribution >= 0.6 is 0 Å². The van der Waals surface area contributed by atoms with Gasteiger partial charge in [0.15, 0.2) is 0 Å². The molecule has 2 aliphatic heterocycles. The molecule has 0 saturated carbocycles. The van der Waals surface area contributed by atoms with Crippen LogP contribution in [-0.4, -0.2) is 54.6 Å². The maximum atomic E-state index is 12.8. The second-order valence-electron chi connectivity index (χ2n) is 9.06. The fourth-order valence-electron chi connectivity index (χ4n) is 4.65. The van der Waals surface area contributed by atoms with Crippen molar-refractivity contribution in [2.45, 2.75) is 38.7 Å². The SMILES string of the molecule is O=C(O)C(F)(F)F.O=c1c(=O)n2c(nn1Cc1ccccc1)CC1(CCN(Cc3cccnc3)C1)C2. The van der Waals surface area contributed by atoms with Crippen LogP contribution in [0.15, 0.2) is 64.4 Å². The molecule has 1 unspecified atom stereocenters. The van der Waals surface area contributed by atoms with Gasteiger partial charge in [0.25, 0.3) is 0 Å². The summed E-state index contributed by atoms with van der Waals surface area (Å²) in [6, 6.07) is 13.7. The van der Waals surface area contributed by atoms with Crippen molar-refractivity contribution in [3.05, 3.63) is 92.5 Å². The first-order chi connectivity index (χ1) is 17.1. The van der Waals surface area contributed by atoms with Gasteiger partial charge in [-0.3, -0.25) is 24.0 Å². The minimum atomic E-state index is -5.08. The average Bonchev–Trinajstić information content (AvgIpc) is 3.40. The Labute approximate surface area is 203 Å². The molecule has 12 heteroatoms. The number of aromatic nitrogens is 4. The van der Waals surface area contributed by atoms with Gasteiger partial charge < -0.3 is 5.11 Å². The van der Waals surface area contributed by atoms with Gasteiger partial charge >= 0.3 is 23.3 Å². The maximum absolute atomic E-state index is 12.8. The van der Waals surface area contributed by atoms with E-state index in [-0.39, 0.29) is 5.41 Å². The minimum Gasteiger partial charge on any atom is -0.475 e. The number of rotatable bonds is 4. The number of likely N-dealkylation sites (tertiary alicyclic amines) is 1. The largest absolute Gasteiger partial charge is 0.490 e. The third-order valence-corrected chi connectivity index (χ3v) is 6.30. The van der Waals surface area contributed by atoms with Gasteiger partial charge in [0.2, 0.25) is 0 Å². The number of hydrogen-bond acceptors (Lipinski definition) is 6. The van der Waals surface area contributed by atoms with Crippen LogP contribution in [0.1, 0.15) is 23.4 Å². The number of pyridine rings is 1. The molecule has 5 rings (SSSR count). The first kappa shape index (κ1) is 25.3. The van der Waals surface area contributed by atoms with E-state index in [9.17, 15) is 22.8 Å². The molecule has 1 aromatic carbocycles. The molecule has 0 amide bonds. The van der Waals surface area contributed by atoms with Gasteiger partial charge in [-0.05, 0) is 30.2 Å². The number of hydrogen-bond donors (Lipinski definition) is 1. The smallest absolute Gasteiger partial charge is 0.475 e. The van der Waals surface area contributed by atoms with Gasteiger partial charge in [-0.2, -0.15) is 18.3 Å². The molecule has 190 valence electrons. The summed E-state index contributed by atoms with van der Waals surface area (Å²) < 4.78 is 34.7. The van der Waals surface area contributed by atoms with Crippen molar-refractivity contribution in [1.82, 2.24) is 24.2 Å². The predicted molar refractivity (Wildman–Crippen MR) is 122 cm³/mol. The summed E-state index contributed by atoms with van der Waals surface area (Å²) in [5, 5.41) is 11.7. The zero-order valence-electron chi connectivity index (χ0n) is 19.2. The number of alkyl halides is 3. The number of fused-ring (bicyclic) bond motifs is 1. The normalized spacial score (nSPS) is 19.1. The second kappa shape index (κ2) is 10.1. The highest BCUT2D eigenvalue weighted by molar-refractivity contribution is 5.73. The molecule has 1 spiro atoms. The van der Waals surface area contributed by atoms with Crippen LogP contribution in [0.2, 0.25) is 0 Å². The van der Waals surface area contributed by atoms with E-state index < -0.39 is 23.3 Å². The molecule has 1 N–H and O–H groups in total. The van der Waals surface area contributed by atoms with Gasteiger partial charge in [0.05, 0.1) is 6.54 Å². The minimum absolute atomic E-state index is 0.0141. The number of nitrogens with zero attached hydrogens (tertiary/aromatic N) is 5. The number of halogens is 3. The van der Waals surface area contributed by atoms with Crippen LogP contribution in [0.5, 0.6) is 0 Å². The van der Waals surface area contributed by atoms with Crippen LogP contribution in [-0.2, 0) is 30.8 Å². The van der Waals surface area contributed by atoms with E-state index in [1.54, 1.807) is 10.8 Å². The summed E-state index contributed by atoms with van der Waals surface area (Å²) in [6.45, 7) is 3.64. The van der Waals surface area contributed by atoms with Crippen molar-refractivity contribution in [1.29, 1.82) is 0 Å². The Balaban J connectivity index is 0.000000384. The first-order valence-electron chi connectivity index (χ1n) is 11.2. The van der Waals surface area contributed by atoms with E-state index in [1.165, 1.54) is 10.2 Å². The van der Waals surface area contributed by atoms with Crippen molar-refractivity contribution >= 4 is 5.97 Å². The molecule has 0 radical (unpaired) electrons. The van der Waals surface area contributed by atoms with Gasteiger partial charge in [-0.25, -0.2) is 9.48 Å². The monoisotopic (exact) mass is 503 g/mol. The molecule has 0 bridgehead atoms. The summed E-state index contributed by atoms with van der Waals surface area (Å²) in [7, 11) is 0. The first-order valence-corrected chi connectivity index (χ1v) is 11.2. The highest BCUT2D eigenvalue weighted by Crippen LogP contribution is 2.39. The number of carboxylic acid groups (broad SMARTS) is 1. The fraction of sp³-hybridized carbons (Fsp3) is 0.375. The maximum Gasteiger partial charge on any atom is 0.490 e. The Bertz CT molecular complexity index is 1340. The molecule has 2 aliphatic rings. The van der Waals surface area contributed by atoms with Crippen LogP contribution in [0, 0.1) is 5.41 Å². The van der Waals surface area contributed by atoms with E-state index in [1.807, 2.05) is 42.6 Å². The molecule has 2 aromatic heterocycles. The summed E-state index contributed by atoms with van der Waals surface area (Å²) in [5.74, 6) is -2.03. The summed E-state index contributed by atoms with van der Waals surface area (Å²) in [5.41, 5.74) is 1.15. The molecule has 4 heterocycles. The Morgan fingerprint density at radius 1 is 1.00 bits per heavy atom. The number of aliphatic carboxylic acids is 1. The van der Waals surface area contributed by atoms with Gasteiger partial charge in [-0.1, -0.05) is 36.4 Å². The van der Waals surface area contributed by atoms with E-state index in [0.717, 1.165) is 43.9 Å². The standard InChI is InChI=1S/C22H23N5O2.C2HF3O2/c28-20-21(29)27(14-17-5-2-1-3-6-17)24-19-11-22(16-26(19)20)8-10-25(15-22)13-18-7-4-9-23-12-18;3-2(4,5)1(6)7/h1-7,9,12H,8,10-11,13-16H2;(H,6,7). The van der Waals surface area contributed by atoms with Crippen molar-refractivity contribution in [2.75, 3.05) is 13.1 Å². The molecule has 1 fully saturated rings. The van der Waals surface area contributed by atoms with E-state index in [0.29, 0.717) is 13.1 Å². The van der Waals surface area contributed by atoms with Crippen LogP contribution in [0.4, 0.5) is 13.2 Å². The summed E-state index contributed by atoms with van der Waals surface area (Å²) in [4.78, 5) is 40.8. The molecule has 9 nitrogen and oxygen atoms in total. The van der Waals surface area contributed by atoms with Crippen molar-refractivity contribution < 1.29 is 23.1 Å². The van der Waals surface area contributed by atoms with Gasteiger partial charge in [-0.15, -0.1) is 0 Å². The topological polar surface area (TPSA) is 110 Å². The lowest BCUT2D eigenvalue weighted by atomic mass is 9.86.